The molecule has 1 aromatic carbocycles. The van der Waals surface area contributed by atoms with Crippen LogP contribution in [0.3, 0.4) is 0 Å². The third-order valence-electron chi connectivity index (χ3n) is 4.22. The quantitative estimate of drug-likeness (QED) is 0.893. The number of pyridine rings is 1. The summed E-state index contributed by atoms with van der Waals surface area (Å²) in [5, 5.41) is 6.90. The van der Waals surface area contributed by atoms with Crippen LogP contribution >= 0.6 is 11.8 Å². The van der Waals surface area contributed by atoms with Gasteiger partial charge in [0.25, 0.3) is 0 Å². The maximum Gasteiger partial charge on any atom is 0.0431 e. The summed E-state index contributed by atoms with van der Waals surface area (Å²) in [5.41, 5.74) is 1.33. The number of hydrogen-bond donors (Lipinski definition) is 1. The molecule has 0 radical (unpaired) electrons. The van der Waals surface area contributed by atoms with E-state index in [4.69, 9.17) is 0 Å². The number of nitrogens with zero attached hydrogens (tertiary/aromatic N) is 1. The van der Waals surface area contributed by atoms with E-state index in [0.717, 1.165) is 11.0 Å². The summed E-state index contributed by atoms with van der Waals surface area (Å²) in [6.45, 7) is 0. The first kappa shape index (κ1) is 13.9. The van der Waals surface area contributed by atoms with E-state index in [2.05, 4.69) is 53.4 Å². The number of benzene rings is 1. The van der Waals surface area contributed by atoms with Crippen molar-refractivity contribution in [1.29, 1.82) is 0 Å². The highest BCUT2D eigenvalue weighted by Gasteiger charge is 2.19. The van der Waals surface area contributed by atoms with Crippen molar-refractivity contribution in [2.45, 2.75) is 37.0 Å². The molecule has 20 heavy (non-hydrogen) atoms. The summed E-state index contributed by atoms with van der Waals surface area (Å²) >= 11 is 2.13. The van der Waals surface area contributed by atoms with Gasteiger partial charge in [-0.2, -0.15) is 11.8 Å². The lowest BCUT2D eigenvalue weighted by Gasteiger charge is -2.20. The fourth-order valence-corrected chi connectivity index (χ4v) is 4.51. The van der Waals surface area contributed by atoms with E-state index in [1.165, 1.54) is 42.0 Å². The van der Waals surface area contributed by atoms with E-state index in [1.54, 1.807) is 0 Å². The smallest absolute Gasteiger partial charge is 0.0431 e. The van der Waals surface area contributed by atoms with Crippen molar-refractivity contribution in [3.63, 3.8) is 0 Å². The minimum absolute atomic E-state index is 0.388. The molecule has 1 aliphatic carbocycles. The largest absolute Gasteiger partial charge is 0.312 e. The molecule has 1 atom stereocenters. The summed E-state index contributed by atoms with van der Waals surface area (Å²) < 4.78 is 0. The first-order chi connectivity index (χ1) is 9.88. The molecule has 1 fully saturated rings. The lowest BCUT2D eigenvalue weighted by atomic mass is 10.0. The summed E-state index contributed by atoms with van der Waals surface area (Å²) in [4.78, 5) is 4.41. The molecule has 1 heterocycles. The number of fused-ring (bicyclic) bond motifs is 1. The molecule has 106 valence electrons. The van der Waals surface area contributed by atoms with E-state index in [-0.39, 0.29) is 0 Å². The van der Waals surface area contributed by atoms with Gasteiger partial charge in [-0.15, -0.1) is 0 Å². The predicted octanol–water partition coefficient (Wildman–Crippen LogP) is 4.17. The minimum Gasteiger partial charge on any atom is -0.312 e. The van der Waals surface area contributed by atoms with Crippen molar-refractivity contribution in [2.24, 2.45) is 0 Å². The molecular formula is C17H22N2S. The van der Waals surface area contributed by atoms with Gasteiger partial charge in [0.05, 0.1) is 0 Å². The predicted molar refractivity (Wildman–Crippen MR) is 88.3 cm³/mol. The van der Waals surface area contributed by atoms with Gasteiger partial charge in [0.1, 0.15) is 0 Å². The maximum absolute atomic E-state index is 4.41. The Morgan fingerprint density at radius 1 is 1.25 bits per heavy atom. The first-order valence-corrected chi connectivity index (χ1v) is 8.55. The van der Waals surface area contributed by atoms with Crippen LogP contribution in [0.5, 0.6) is 0 Å². The van der Waals surface area contributed by atoms with Crippen molar-refractivity contribution in [2.75, 3.05) is 12.8 Å². The normalized spacial score (nSPS) is 17.6. The van der Waals surface area contributed by atoms with Crippen LogP contribution in [0.15, 0.2) is 36.7 Å². The third kappa shape index (κ3) is 2.99. The zero-order valence-corrected chi connectivity index (χ0v) is 12.8. The zero-order valence-electron chi connectivity index (χ0n) is 12.0. The van der Waals surface area contributed by atoms with Gasteiger partial charge >= 0.3 is 0 Å². The van der Waals surface area contributed by atoms with Gasteiger partial charge in [-0.1, -0.05) is 37.1 Å². The number of thioether (sulfide) groups is 1. The minimum atomic E-state index is 0.388. The highest BCUT2D eigenvalue weighted by molar-refractivity contribution is 7.99. The van der Waals surface area contributed by atoms with E-state index in [1.807, 2.05) is 12.4 Å². The molecule has 0 amide bonds. The monoisotopic (exact) mass is 286 g/mol. The van der Waals surface area contributed by atoms with Crippen LogP contribution < -0.4 is 5.32 Å². The van der Waals surface area contributed by atoms with Crippen molar-refractivity contribution >= 4 is 22.5 Å². The molecule has 1 N–H and O–H groups in total. The van der Waals surface area contributed by atoms with Crippen LogP contribution in [0.2, 0.25) is 0 Å². The molecule has 2 nitrogen and oxygen atoms in total. The zero-order chi connectivity index (χ0) is 13.8. The number of hydrogen-bond acceptors (Lipinski definition) is 3. The second-order valence-electron chi connectivity index (χ2n) is 5.53. The SMILES string of the molecule is CNC(CSC1CCCC1)c1cncc2ccccc12. The van der Waals surface area contributed by atoms with Gasteiger partial charge in [-0.3, -0.25) is 4.98 Å². The molecule has 3 rings (SSSR count). The second kappa shape index (κ2) is 6.59. The van der Waals surface area contributed by atoms with Crippen LogP contribution in [0.25, 0.3) is 10.8 Å². The van der Waals surface area contributed by atoms with Gasteiger partial charge in [0.15, 0.2) is 0 Å². The van der Waals surface area contributed by atoms with Crippen molar-refractivity contribution in [3.8, 4) is 0 Å². The first-order valence-electron chi connectivity index (χ1n) is 7.50. The van der Waals surface area contributed by atoms with E-state index in [0.29, 0.717) is 6.04 Å². The average Bonchev–Trinajstić information content (AvgIpc) is 3.01. The molecule has 2 aromatic rings. The van der Waals surface area contributed by atoms with E-state index < -0.39 is 0 Å². The molecule has 3 heteroatoms. The molecule has 1 aliphatic rings. The molecule has 0 bridgehead atoms. The Morgan fingerprint density at radius 2 is 2.05 bits per heavy atom. The molecule has 1 saturated carbocycles. The van der Waals surface area contributed by atoms with Crippen LogP contribution in [-0.4, -0.2) is 23.0 Å². The third-order valence-corrected chi connectivity index (χ3v) is 5.69. The molecule has 0 spiro atoms. The number of aromatic nitrogens is 1. The van der Waals surface area contributed by atoms with E-state index in [9.17, 15) is 0 Å². The highest BCUT2D eigenvalue weighted by atomic mass is 32.2. The van der Waals surface area contributed by atoms with Crippen LogP contribution in [0.4, 0.5) is 0 Å². The van der Waals surface area contributed by atoms with Crippen molar-refractivity contribution in [3.05, 3.63) is 42.2 Å². The summed E-state index contributed by atoms with van der Waals surface area (Å²) in [6, 6.07) is 8.93. The molecule has 1 unspecified atom stereocenters. The Morgan fingerprint density at radius 3 is 2.85 bits per heavy atom. The van der Waals surface area contributed by atoms with Crippen LogP contribution in [0.1, 0.15) is 37.3 Å². The number of nitrogens with one attached hydrogen (secondary N) is 1. The number of rotatable bonds is 5. The Labute approximate surface area is 125 Å². The summed E-state index contributed by atoms with van der Waals surface area (Å²) in [6.07, 6.45) is 9.60. The van der Waals surface area contributed by atoms with Gasteiger partial charge in [-0.25, -0.2) is 0 Å². The summed E-state index contributed by atoms with van der Waals surface area (Å²) in [7, 11) is 2.06. The van der Waals surface area contributed by atoms with Crippen molar-refractivity contribution < 1.29 is 0 Å². The molecule has 0 aliphatic heterocycles. The highest BCUT2D eigenvalue weighted by Crippen LogP contribution is 2.33. The molecule has 0 saturated heterocycles. The topological polar surface area (TPSA) is 24.9 Å². The lowest BCUT2D eigenvalue weighted by Crippen LogP contribution is -2.20. The van der Waals surface area contributed by atoms with Gasteiger partial charge in [0, 0.05) is 34.8 Å². The van der Waals surface area contributed by atoms with E-state index >= 15 is 0 Å². The Bertz CT molecular complexity index is 558. The fraction of sp³-hybridized carbons (Fsp3) is 0.471. The van der Waals surface area contributed by atoms with Crippen molar-refractivity contribution in [1.82, 2.24) is 10.3 Å². The van der Waals surface area contributed by atoms with Gasteiger partial charge < -0.3 is 5.32 Å². The van der Waals surface area contributed by atoms with Crippen LogP contribution in [0, 0.1) is 0 Å². The average molecular weight is 286 g/mol. The lowest BCUT2D eigenvalue weighted by molar-refractivity contribution is 0.662. The maximum atomic E-state index is 4.41. The Kier molecular flexibility index (Phi) is 4.58. The van der Waals surface area contributed by atoms with Crippen LogP contribution in [-0.2, 0) is 0 Å². The fourth-order valence-electron chi connectivity index (χ4n) is 3.03. The standard InChI is InChI=1S/C17H22N2S/c1-18-17(12-20-14-7-3-4-8-14)16-11-19-10-13-6-2-5-9-15(13)16/h2,5-6,9-11,14,17-18H,3-4,7-8,12H2,1H3. The van der Waals surface area contributed by atoms with Gasteiger partial charge in [-0.05, 0) is 30.8 Å². The summed E-state index contributed by atoms with van der Waals surface area (Å²) in [5.74, 6) is 1.14. The molecule has 1 aromatic heterocycles. The molecular weight excluding hydrogens is 264 g/mol. The second-order valence-corrected chi connectivity index (χ2v) is 6.86. The Hall–Kier alpha value is -1.06. The van der Waals surface area contributed by atoms with Gasteiger partial charge in [0.2, 0.25) is 0 Å². The Balaban J connectivity index is 1.79.